The summed E-state index contributed by atoms with van der Waals surface area (Å²) >= 11 is 0. The van der Waals surface area contributed by atoms with Crippen LogP contribution >= 0.6 is 0 Å². The molecule has 0 bridgehead atoms. The van der Waals surface area contributed by atoms with Crippen molar-refractivity contribution in [3.63, 3.8) is 0 Å². The van der Waals surface area contributed by atoms with E-state index >= 15 is 0 Å². The minimum Gasteiger partial charge on any atom is -0.469 e. The molecule has 6 rings (SSSR count). The standard InChI is InChI=1S/C37H46N8O7/c1-6-12-44-35(46)29-23-38-36(41-34(29)45(44)32-22-28(52-25-48-5)21-31(40-32)37(2,3)47)39-27-10-11-30(43-15-13-42(4)14-16-43)26(20-27)24-49-18-19-51-33-9-7-8-17-50-33/h6-11,17,20-23,33,47H,1,12-16,18-19,24-25H2,2-5H3,(H,38,39,41). The van der Waals surface area contributed by atoms with Crippen LogP contribution in [0.1, 0.15) is 25.1 Å². The number of piperazine rings is 1. The van der Waals surface area contributed by atoms with Gasteiger partial charge in [-0.2, -0.15) is 4.98 Å². The van der Waals surface area contributed by atoms with Crippen molar-refractivity contribution < 1.29 is 28.8 Å². The van der Waals surface area contributed by atoms with Gasteiger partial charge in [-0.25, -0.2) is 19.3 Å². The molecule has 1 atom stereocenters. The summed E-state index contributed by atoms with van der Waals surface area (Å²) in [7, 11) is 3.65. The zero-order valence-corrected chi connectivity index (χ0v) is 30.0. The Kier molecular flexibility index (Phi) is 11.7. The smallest absolute Gasteiger partial charge is 0.278 e. The second-order valence-electron chi connectivity index (χ2n) is 13.0. The number of rotatable bonds is 16. The number of fused-ring (bicyclic) bond motifs is 1. The van der Waals surface area contributed by atoms with Crippen molar-refractivity contribution in [2.45, 2.75) is 38.9 Å². The van der Waals surface area contributed by atoms with Gasteiger partial charge in [0.25, 0.3) is 5.56 Å². The van der Waals surface area contributed by atoms with Crippen molar-refractivity contribution in [3.05, 3.63) is 95.3 Å². The Hall–Kier alpha value is -5.06. The fourth-order valence-electron chi connectivity index (χ4n) is 5.86. The number of anilines is 3. The summed E-state index contributed by atoms with van der Waals surface area (Å²) < 4.78 is 31.1. The van der Waals surface area contributed by atoms with Crippen LogP contribution in [0, 0.1) is 0 Å². The maximum absolute atomic E-state index is 13.6. The zero-order chi connectivity index (χ0) is 36.7. The molecule has 0 radical (unpaired) electrons. The number of hydrogen-bond acceptors (Lipinski definition) is 13. The average Bonchev–Trinajstić information content (AvgIpc) is 3.41. The molecule has 2 N–H and O–H groups in total. The molecule has 0 aliphatic carbocycles. The number of aliphatic hydroxyl groups is 1. The van der Waals surface area contributed by atoms with E-state index in [0.29, 0.717) is 42.7 Å². The Morgan fingerprint density at radius 2 is 1.94 bits per heavy atom. The first kappa shape index (κ1) is 36.7. The summed E-state index contributed by atoms with van der Waals surface area (Å²) in [5.74, 6) is 0.981. The molecule has 1 fully saturated rings. The monoisotopic (exact) mass is 714 g/mol. The van der Waals surface area contributed by atoms with Gasteiger partial charge in [0.15, 0.2) is 18.3 Å². The first-order chi connectivity index (χ1) is 25.1. The lowest BCUT2D eigenvalue weighted by Gasteiger charge is -2.35. The van der Waals surface area contributed by atoms with E-state index in [4.69, 9.17) is 33.7 Å². The molecule has 15 nitrogen and oxygen atoms in total. The molecule has 1 unspecified atom stereocenters. The third kappa shape index (κ3) is 8.69. The van der Waals surface area contributed by atoms with Gasteiger partial charge in [0, 0.05) is 68.6 Å². The summed E-state index contributed by atoms with van der Waals surface area (Å²) in [6.07, 6.45) is 9.82. The number of nitrogens with zero attached hydrogens (tertiary/aromatic N) is 7. The third-order valence-electron chi connectivity index (χ3n) is 8.57. The predicted octanol–water partition coefficient (Wildman–Crippen LogP) is 3.83. The van der Waals surface area contributed by atoms with Gasteiger partial charge in [-0.3, -0.25) is 4.79 Å². The van der Waals surface area contributed by atoms with Crippen molar-refractivity contribution in [2.75, 3.05) is 70.6 Å². The number of likely N-dealkylation sites (N-methyl/N-ethyl adjacent to an activating group) is 1. The van der Waals surface area contributed by atoms with Crippen LogP contribution in [0.15, 0.2) is 78.5 Å². The van der Waals surface area contributed by atoms with Gasteiger partial charge in [0.1, 0.15) is 16.7 Å². The molecule has 5 heterocycles. The molecular weight excluding hydrogens is 668 g/mol. The maximum atomic E-state index is 13.6. The van der Waals surface area contributed by atoms with Crippen LogP contribution in [-0.2, 0) is 37.7 Å². The number of ether oxygens (including phenoxy) is 5. The van der Waals surface area contributed by atoms with E-state index < -0.39 is 11.9 Å². The summed E-state index contributed by atoms with van der Waals surface area (Å²) in [6, 6.07) is 9.39. The summed E-state index contributed by atoms with van der Waals surface area (Å²) in [6.45, 7) is 12.1. The van der Waals surface area contributed by atoms with E-state index in [9.17, 15) is 9.90 Å². The topological polar surface area (TPSA) is 150 Å². The molecule has 0 spiro atoms. The number of allylic oxidation sites excluding steroid dienone is 3. The molecule has 2 aliphatic heterocycles. The highest BCUT2D eigenvalue weighted by Gasteiger charge is 2.24. The lowest BCUT2D eigenvalue weighted by Crippen LogP contribution is -2.44. The zero-order valence-electron chi connectivity index (χ0n) is 30.0. The van der Waals surface area contributed by atoms with E-state index in [0.717, 1.165) is 43.1 Å². The molecule has 0 amide bonds. The van der Waals surface area contributed by atoms with Crippen LogP contribution in [-0.4, -0.2) is 101 Å². The molecular formula is C37H46N8O7. The molecule has 52 heavy (non-hydrogen) atoms. The Morgan fingerprint density at radius 3 is 2.67 bits per heavy atom. The SMILES string of the molecule is C=CCn1c(=O)c2cnc(Nc3ccc(N4CCN(C)CC4)c(COCCOC4C=CC=CO4)c3)nc2n1-c1cc(OCOC)cc(C(C)(C)O)n1. The highest BCUT2D eigenvalue weighted by atomic mass is 16.7. The normalized spacial score (nSPS) is 16.3. The van der Waals surface area contributed by atoms with Crippen LogP contribution in [0.4, 0.5) is 17.3 Å². The molecule has 15 heteroatoms. The van der Waals surface area contributed by atoms with Gasteiger partial charge in [-0.1, -0.05) is 12.2 Å². The number of hydrogen-bond donors (Lipinski definition) is 2. The quantitative estimate of drug-likeness (QED) is 0.0985. The van der Waals surface area contributed by atoms with E-state index in [-0.39, 0.29) is 30.2 Å². The first-order valence-corrected chi connectivity index (χ1v) is 17.1. The van der Waals surface area contributed by atoms with E-state index in [2.05, 4.69) is 39.8 Å². The van der Waals surface area contributed by atoms with Crippen LogP contribution in [0.3, 0.4) is 0 Å². The molecule has 276 valence electrons. The van der Waals surface area contributed by atoms with Crippen molar-refractivity contribution in [1.29, 1.82) is 0 Å². The van der Waals surface area contributed by atoms with Crippen LogP contribution in [0.5, 0.6) is 5.75 Å². The van der Waals surface area contributed by atoms with Gasteiger partial charge in [-0.05, 0) is 51.2 Å². The molecule has 3 aromatic heterocycles. The van der Waals surface area contributed by atoms with Gasteiger partial charge in [0.05, 0.1) is 38.3 Å². The fourth-order valence-corrected chi connectivity index (χ4v) is 5.86. The molecule has 4 aromatic rings. The number of nitrogens with one attached hydrogen (secondary N) is 1. The second kappa shape index (κ2) is 16.5. The lowest BCUT2D eigenvalue weighted by atomic mass is 10.0. The predicted molar refractivity (Wildman–Crippen MR) is 197 cm³/mol. The number of methoxy groups -OCH3 is 1. The Labute approximate surface area is 302 Å². The summed E-state index contributed by atoms with van der Waals surface area (Å²) in [5, 5.41) is 14.5. The van der Waals surface area contributed by atoms with Gasteiger partial charge in [0.2, 0.25) is 12.2 Å². The maximum Gasteiger partial charge on any atom is 0.278 e. The van der Waals surface area contributed by atoms with Crippen LogP contribution in [0.2, 0.25) is 0 Å². The first-order valence-electron chi connectivity index (χ1n) is 17.1. The summed E-state index contributed by atoms with van der Waals surface area (Å²) in [5.41, 5.74) is 1.86. The van der Waals surface area contributed by atoms with Gasteiger partial charge in [-0.15, -0.1) is 6.58 Å². The average molecular weight is 715 g/mol. The molecule has 0 saturated carbocycles. The Balaban J connectivity index is 1.31. The second-order valence-corrected chi connectivity index (χ2v) is 13.0. The summed E-state index contributed by atoms with van der Waals surface area (Å²) in [4.78, 5) is 32.3. The van der Waals surface area contributed by atoms with Gasteiger partial charge >= 0.3 is 0 Å². The van der Waals surface area contributed by atoms with Crippen molar-refractivity contribution in [3.8, 4) is 11.6 Å². The minimum atomic E-state index is -1.31. The van der Waals surface area contributed by atoms with Gasteiger partial charge < -0.3 is 43.9 Å². The highest BCUT2D eigenvalue weighted by molar-refractivity contribution is 5.77. The lowest BCUT2D eigenvalue weighted by molar-refractivity contribution is -0.0904. The number of aromatic nitrogens is 5. The van der Waals surface area contributed by atoms with Crippen LogP contribution < -0.4 is 20.5 Å². The van der Waals surface area contributed by atoms with Crippen molar-refractivity contribution in [1.82, 2.24) is 29.2 Å². The largest absolute Gasteiger partial charge is 0.469 e. The Bertz CT molecular complexity index is 1980. The van der Waals surface area contributed by atoms with Crippen molar-refractivity contribution >= 4 is 28.4 Å². The van der Waals surface area contributed by atoms with E-state index in [1.807, 2.05) is 30.4 Å². The highest BCUT2D eigenvalue weighted by Crippen LogP contribution is 2.29. The molecule has 2 aliphatic rings. The van der Waals surface area contributed by atoms with Crippen LogP contribution in [0.25, 0.3) is 16.9 Å². The number of benzene rings is 1. The van der Waals surface area contributed by atoms with E-state index in [1.54, 1.807) is 43.0 Å². The molecule has 1 aromatic carbocycles. The number of pyridine rings is 1. The Morgan fingerprint density at radius 1 is 1.12 bits per heavy atom. The minimum absolute atomic E-state index is 0.0177. The molecule has 1 saturated heterocycles. The fraction of sp³-hybridized carbons (Fsp3) is 0.405. The van der Waals surface area contributed by atoms with Crippen molar-refractivity contribution in [2.24, 2.45) is 0 Å². The third-order valence-corrected chi connectivity index (χ3v) is 8.57. The van der Waals surface area contributed by atoms with E-state index in [1.165, 1.54) is 18.0 Å².